The van der Waals surface area contributed by atoms with Crippen LogP contribution in [-0.4, -0.2) is 0 Å². The Morgan fingerprint density at radius 1 is 0.882 bits per heavy atom. The smallest absolute Gasteiger partial charge is 0.123 e. The summed E-state index contributed by atoms with van der Waals surface area (Å²) < 4.78 is 13.3. The molecule has 0 nitrogen and oxygen atoms in total. The second-order valence-corrected chi connectivity index (χ2v) is 4.77. The fourth-order valence-electron chi connectivity index (χ4n) is 1.84. The summed E-state index contributed by atoms with van der Waals surface area (Å²) in [5.74, 6) is -0.238. The van der Waals surface area contributed by atoms with Gasteiger partial charge in [0.25, 0.3) is 0 Å². The summed E-state index contributed by atoms with van der Waals surface area (Å²) >= 11 is 6.36. The molecule has 2 rings (SSSR count). The average Bonchev–Trinajstić information content (AvgIpc) is 2.28. The standard InChI is InChI=1S/C15H14ClF/c1-10-3-5-12(6-4-10)15(16)13-7-11(2)8-14(17)9-13/h3-9,15H,1-2H3. The van der Waals surface area contributed by atoms with Gasteiger partial charge in [-0.1, -0.05) is 35.9 Å². The van der Waals surface area contributed by atoms with Crippen molar-refractivity contribution in [1.29, 1.82) is 0 Å². The van der Waals surface area contributed by atoms with E-state index in [1.54, 1.807) is 0 Å². The molecular weight excluding hydrogens is 235 g/mol. The van der Waals surface area contributed by atoms with E-state index in [0.29, 0.717) is 0 Å². The van der Waals surface area contributed by atoms with E-state index in [2.05, 4.69) is 0 Å². The molecule has 2 aromatic rings. The number of hydrogen-bond donors (Lipinski definition) is 0. The van der Waals surface area contributed by atoms with Crippen LogP contribution >= 0.6 is 11.6 Å². The maximum atomic E-state index is 13.3. The predicted octanol–water partition coefficient (Wildman–Crippen LogP) is 4.77. The molecule has 0 fully saturated rings. The van der Waals surface area contributed by atoms with Gasteiger partial charge in [-0.15, -0.1) is 11.6 Å². The molecule has 1 atom stereocenters. The Morgan fingerprint density at radius 2 is 1.53 bits per heavy atom. The molecule has 0 amide bonds. The van der Waals surface area contributed by atoms with Crippen molar-refractivity contribution in [1.82, 2.24) is 0 Å². The second-order valence-electron chi connectivity index (χ2n) is 4.34. The van der Waals surface area contributed by atoms with Crippen molar-refractivity contribution in [2.75, 3.05) is 0 Å². The average molecular weight is 249 g/mol. The first-order valence-electron chi connectivity index (χ1n) is 5.54. The van der Waals surface area contributed by atoms with Crippen molar-refractivity contribution in [3.05, 3.63) is 70.5 Å². The quantitative estimate of drug-likeness (QED) is 0.672. The van der Waals surface area contributed by atoms with Gasteiger partial charge in [0.2, 0.25) is 0 Å². The van der Waals surface area contributed by atoms with Crippen LogP contribution in [0.5, 0.6) is 0 Å². The molecule has 17 heavy (non-hydrogen) atoms. The van der Waals surface area contributed by atoms with Crippen LogP contribution in [0.25, 0.3) is 0 Å². The minimum Gasteiger partial charge on any atom is -0.207 e. The van der Waals surface area contributed by atoms with Crippen molar-refractivity contribution < 1.29 is 4.39 Å². The Morgan fingerprint density at radius 3 is 2.12 bits per heavy atom. The van der Waals surface area contributed by atoms with Crippen LogP contribution in [0.2, 0.25) is 0 Å². The van der Waals surface area contributed by atoms with E-state index in [-0.39, 0.29) is 11.2 Å². The third kappa shape index (κ3) is 2.86. The molecule has 0 aliphatic carbocycles. The molecule has 0 aromatic heterocycles. The molecule has 2 aromatic carbocycles. The number of alkyl halides is 1. The van der Waals surface area contributed by atoms with E-state index >= 15 is 0 Å². The van der Waals surface area contributed by atoms with Gasteiger partial charge < -0.3 is 0 Å². The lowest BCUT2D eigenvalue weighted by Gasteiger charge is -2.11. The number of aryl methyl sites for hydroxylation is 2. The van der Waals surface area contributed by atoms with Crippen LogP contribution in [-0.2, 0) is 0 Å². The van der Waals surface area contributed by atoms with Crippen LogP contribution in [0, 0.1) is 19.7 Å². The van der Waals surface area contributed by atoms with Crippen molar-refractivity contribution in [2.45, 2.75) is 19.2 Å². The Hall–Kier alpha value is -1.34. The fraction of sp³-hybridized carbons (Fsp3) is 0.200. The molecule has 0 saturated heterocycles. The van der Waals surface area contributed by atoms with Crippen LogP contribution in [0.4, 0.5) is 4.39 Å². The largest absolute Gasteiger partial charge is 0.207 e. The maximum absolute atomic E-state index is 13.3. The molecule has 0 spiro atoms. The third-order valence-electron chi connectivity index (χ3n) is 2.73. The molecule has 1 unspecified atom stereocenters. The minimum atomic E-state index is -0.301. The number of hydrogen-bond acceptors (Lipinski definition) is 0. The van der Waals surface area contributed by atoms with E-state index < -0.39 is 0 Å². The predicted molar refractivity (Wildman–Crippen MR) is 70.0 cm³/mol. The van der Waals surface area contributed by atoms with Crippen molar-refractivity contribution in [3.8, 4) is 0 Å². The Kier molecular flexibility index (Phi) is 3.49. The molecule has 2 heteroatoms. The molecule has 0 aliphatic heterocycles. The normalized spacial score (nSPS) is 12.5. The topological polar surface area (TPSA) is 0 Å². The Labute approximate surface area is 106 Å². The summed E-state index contributed by atoms with van der Waals surface area (Å²) in [6.07, 6.45) is 0. The Bertz CT molecular complexity index is 497. The number of benzene rings is 2. The zero-order valence-electron chi connectivity index (χ0n) is 9.87. The highest BCUT2D eigenvalue weighted by atomic mass is 35.5. The van der Waals surface area contributed by atoms with Gasteiger partial charge in [-0.2, -0.15) is 0 Å². The first-order chi connectivity index (χ1) is 8.06. The summed E-state index contributed by atoms with van der Waals surface area (Å²) in [6.45, 7) is 3.89. The van der Waals surface area contributed by atoms with E-state index in [9.17, 15) is 4.39 Å². The van der Waals surface area contributed by atoms with E-state index in [1.807, 2.05) is 44.2 Å². The highest BCUT2D eigenvalue weighted by molar-refractivity contribution is 6.22. The van der Waals surface area contributed by atoms with E-state index in [1.165, 1.54) is 17.7 Å². The molecule has 88 valence electrons. The van der Waals surface area contributed by atoms with Crippen LogP contribution in [0.3, 0.4) is 0 Å². The molecule has 0 aliphatic rings. The van der Waals surface area contributed by atoms with Gasteiger partial charge in [0.15, 0.2) is 0 Å². The zero-order chi connectivity index (χ0) is 12.4. The lowest BCUT2D eigenvalue weighted by atomic mass is 10.0. The van der Waals surface area contributed by atoms with Crippen molar-refractivity contribution in [3.63, 3.8) is 0 Å². The summed E-state index contributed by atoms with van der Waals surface area (Å²) in [5.41, 5.74) is 3.86. The van der Waals surface area contributed by atoms with Crippen LogP contribution < -0.4 is 0 Å². The monoisotopic (exact) mass is 248 g/mol. The first kappa shape index (κ1) is 12.1. The lowest BCUT2D eigenvalue weighted by molar-refractivity contribution is 0.624. The fourth-order valence-corrected chi connectivity index (χ4v) is 2.11. The van der Waals surface area contributed by atoms with Crippen molar-refractivity contribution in [2.24, 2.45) is 0 Å². The highest BCUT2D eigenvalue weighted by Crippen LogP contribution is 2.29. The molecule has 0 heterocycles. The van der Waals surface area contributed by atoms with Crippen molar-refractivity contribution >= 4 is 11.6 Å². The first-order valence-corrected chi connectivity index (χ1v) is 5.97. The molecule has 0 N–H and O–H groups in total. The van der Waals surface area contributed by atoms with Gasteiger partial charge >= 0.3 is 0 Å². The number of halogens is 2. The SMILES string of the molecule is Cc1ccc(C(Cl)c2cc(C)cc(F)c2)cc1. The van der Waals surface area contributed by atoms with E-state index in [0.717, 1.165) is 16.7 Å². The highest BCUT2D eigenvalue weighted by Gasteiger charge is 2.11. The molecule has 0 bridgehead atoms. The Balaban J connectivity index is 2.36. The molecule has 0 radical (unpaired) electrons. The summed E-state index contributed by atoms with van der Waals surface area (Å²) in [6, 6.07) is 12.9. The number of rotatable bonds is 2. The summed E-state index contributed by atoms with van der Waals surface area (Å²) in [5, 5.41) is -0.301. The third-order valence-corrected chi connectivity index (χ3v) is 3.23. The van der Waals surface area contributed by atoms with Crippen LogP contribution in [0.1, 0.15) is 27.6 Å². The summed E-state index contributed by atoms with van der Waals surface area (Å²) in [7, 11) is 0. The van der Waals surface area contributed by atoms with E-state index in [4.69, 9.17) is 11.6 Å². The minimum absolute atomic E-state index is 0.238. The van der Waals surface area contributed by atoms with Gasteiger partial charge in [0, 0.05) is 0 Å². The molecular formula is C15H14ClF. The van der Waals surface area contributed by atoms with Gasteiger partial charge in [-0.25, -0.2) is 4.39 Å². The molecule has 0 saturated carbocycles. The van der Waals surface area contributed by atoms with Gasteiger partial charge in [-0.05, 0) is 42.7 Å². The summed E-state index contributed by atoms with van der Waals surface area (Å²) in [4.78, 5) is 0. The van der Waals surface area contributed by atoms with Gasteiger partial charge in [-0.3, -0.25) is 0 Å². The lowest BCUT2D eigenvalue weighted by Crippen LogP contribution is -1.95. The second kappa shape index (κ2) is 4.89. The zero-order valence-corrected chi connectivity index (χ0v) is 10.6. The van der Waals surface area contributed by atoms with Gasteiger partial charge in [0.1, 0.15) is 5.82 Å². The van der Waals surface area contributed by atoms with Gasteiger partial charge in [0.05, 0.1) is 5.38 Å². The maximum Gasteiger partial charge on any atom is 0.123 e. The van der Waals surface area contributed by atoms with Crippen LogP contribution in [0.15, 0.2) is 42.5 Å².